The molecule has 84 valence electrons. The van der Waals surface area contributed by atoms with E-state index in [1.165, 1.54) is 16.6 Å². The van der Waals surface area contributed by atoms with Crippen LogP contribution in [-0.4, -0.2) is 17.7 Å². The second-order valence-electron chi connectivity index (χ2n) is 4.44. The number of nitrogens with zero attached hydrogens (tertiary/aromatic N) is 1. The number of rotatable bonds is 1. The molecule has 0 spiro atoms. The van der Waals surface area contributed by atoms with Crippen molar-refractivity contribution in [2.45, 2.75) is 25.4 Å². The molecule has 0 amide bonds. The van der Waals surface area contributed by atoms with Gasteiger partial charge in [-0.15, -0.1) is 0 Å². The number of aryl methyl sites for hydroxylation is 1. The van der Waals surface area contributed by atoms with Gasteiger partial charge in [-0.3, -0.25) is 0 Å². The fraction of sp³-hybridized carbons (Fsp3) is 0.385. The number of hydrogen-bond donors (Lipinski definition) is 1. The molecule has 0 saturated carbocycles. The van der Waals surface area contributed by atoms with E-state index in [1.54, 1.807) is 7.11 Å². The number of ether oxygens (including phenoxy) is 1. The molecule has 1 aromatic carbocycles. The third-order valence-corrected chi connectivity index (χ3v) is 3.38. The summed E-state index contributed by atoms with van der Waals surface area (Å²) >= 11 is 0. The monoisotopic (exact) mass is 216 g/mol. The molecular weight excluding hydrogens is 200 g/mol. The van der Waals surface area contributed by atoms with Crippen LogP contribution in [0.25, 0.3) is 10.9 Å². The summed E-state index contributed by atoms with van der Waals surface area (Å²) in [6.07, 6.45) is 2.15. The molecular formula is C13H16N2O. The number of nitrogens with two attached hydrogens (primary N) is 1. The fourth-order valence-corrected chi connectivity index (χ4v) is 2.59. The van der Waals surface area contributed by atoms with Crippen LogP contribution in [0.2, 0.25) is 0 Å². The zero-order chi connectivity index (χ0) is 11.1. The van der Waals surface area contributed by atoms with Gasteiger partial charge in [-0.05, 0) is 25.0 Å². The number of aromatic nitrogens is 1. The smallest absolute Gasteiger partial charge is 0.143 e. The first-order chi connectivity index (χ1) is 7.79. The molecule has 3 heteroatoms. The van der Waals surface area contributed by atoms with Crippen LogP contribution in [0.1, 0.15) is 12.1 Å². The van der Waals surface area contributed by atoms with Crippen LogP contribution in [0.4, 0.5) is 0 Å². The lowest BCUT2D eigenvalue weighted by atomic mass is 10.1. The van der Waals surface area contributed by atoms with Crippen LogP contribution >= 0.6 is 0 Å². The first kappa shape index (κ1) is 9.73. The molecule has 1 aromatic heterocycles. The summed E-state index contributed by atoms with van der Waals surface area (Å²) in [5.74, 6) is 0.942. The van der Waals surface area contributed by atoms with E-state index in [4.69, 9.17) is 10.5 Å². The Bertz CT molecular complexity index is 530. The highest BCUT2D eigenvalue weighted by molar-refractivity contribution is 5.87. The second-order valence-corrected chi connectivity index (χ2v) is 4.44. The van der Waals surface area contributed by atoms with E-state index in [9.17, 15) is 0 Å². The Morgan fingerprint density at radius 3 is 3.12 bits per heavy atom. The largest absolute Gasteiger partial charge is 0.495 e. The Hall–Kier alpha value is -1.48. The van der Waals surface area contributed by atoms with Crippen molar-refractivity contribution in [3.05, 3.63) is 30.0 Å². The van der Waals surface area contributed by atoms with E-state index in [2.05, 4.69) is 16.7 Å². The van der Waals surface area contributed by atoms with Crippen LogP contribution in [0.3, 0.4) is 0 Å². The molecule has 0 radical (unpaired) electrons. The van der Waals surface area contributed by atoms with Crippen LogP contribution in [0.5, 0.6) is 5.75 Å². The van der Waals surface area contributed by atoms with E-state index in [1.807, 2.05) is 12.1 Å². The number of para-hydroxylation sites is 1. The molecule has 1 aliphatic rings. The van der Waals surface area contributed by atoms with Gasteiger partial charge >= 0.3 is 0 Å². The van der Waals surface area contributed by atoms with Gasteiger partial charge in [-0.1, -0.05) is 12.1 Å². The summed E-state index contributed by atoms with van der Waals surface area (Å²) in [6, 6.07) is 8.70. The predicted octanol–water partition coefficient (Wildman–Crippen LogP) is 1.92. The van der Waals surface area contributed by atoms with Gasteiger partial charge in [0.2, 0.25) is 0 Å². The molecule has 1 unspecified atom stereocenters. The standard InChI is InChI=1S/C13H16N2O/c1-16-12-4-2-3-9-7-11-6-5-10(14)8-15(11)13(9)12/h2-4,7,10H,5-6,8,14H2,1H3. The van der Waals surface area contributed by atoms with Gasteiger partial charge in [-0.2, -0.15) is 0 Å². The molecule has 2 heterocycles. The minimum absolute atomic E-state index is 0.271. The first-order valence-electron chi connectivity index (χ1n) is 5.70. The molecule has 0 bridgehead atoms. The Labute approximate surface area is 94.8 Å². The highest BCUT2D eigenvalue weighted by Crippen LogP contribution is 2.31. The lowest BCUT2D eigenvalue weighted by molar-refractivity contribution is 0.412. The fourth-order valence-electron chi connectivity index (χ4n) is 2.59. The summed E-state index contributed by atoms with van der Waals surface area (Å²) in [5, 5.41) is 1.25. The number of methoxy groups -OCH3 is 1. The Morgan fingerprint density at radius 2 is 2.31 bits per heavy atom. The summed E-state index contributed by atoms with van der Waals surface area (Å²) in [5.41, 5.74) is 8.60. The Kier molecular flexibility index (Phi) is 2.14. The molecule has 0 aliphatic carbocycles. The quantitative estimate of drug-likeness (QED) is 0.791. The molecule has 1 atom stereocenters. The summed E-state index contributed by atoms with van der Waals surface area (Å²) in [7, 11) is 1.72. The predicted molar refractivity (Wildman–Crippen MR) is 64.8 cm³/mol. The van der Waals surface area contributed by atoms with Crippen LogP contribution in [0, 0.1) is 0 Å². The maximum Gasteiger partial charge on any atom is 0.143 e. The van der Waals surface area contributed by atoms with Crippen LogP contribution in [-0.2, 0) is 13.0 Å². The zero-order valence-corrected chi connectivity index (χ0v) is 9.44. The van der Waals surface area contributed by atoms with Crippen LogP contribution in [0.15, 0.2) is 24.3 Å². The normalized spacial score (nSPS) is 19.8. The highest BCUT2D eigenvalue weighted by atomic mass is 16.5. The van der Waals surface area contributed by atoms with Gasteiger partial charge < -0.3 is 15.0 Å². The Balaban J connectivity index is 2.27. The van der Waals surface area contributed by atoms with Gasteiger partial charge in [0.05, 0.1) is 12.6 Å². The van der Waals surface area contributed by atoms with Gasteiger partial charge in [0.25, 0.3) is 0 Å². The van der Waals surface area contributed by atoms with E-state index < -0.39 is 0 Å². The average Bonchev–Trinajstić information content (AvgIpc) is 2.66. The maximum atomic E-state index is 6.03. The summed E-state index contributed by atoms with van der Waals surface area (Å²) in [4.78, 5) is 0. The maximum absolute atomic E-state index is 6.03. The van der Waals surface area contributed by atoms with Crippen molar-refractivity contribution in [1.82, 2.24) is 4.57 Å². The van der Waals surface area contributed by atoms with Crippen molar-refractivity contribution in [3.8, 4) is 5.75 Å². The lowest BCUT2D eigenvalue weighted by Crippen LogP contribution is -2.31. The third kappa shape index (κ3) is 1.32. The highest BCUT2D eigenvalue weighted by Gasteiger charge is 2.19. The molecule has 16 heavy (non-hydrogen) atoms. The van der Waals surface area contributed by atoms with Crippen molar-refractivity contribution >= 4 is 10.9 Å². The van der Waals surface area contributed by atoms with Crippen LogP contribution < -0.4 is 10.5 Å². The molecule has 2 N–H and O–H groups in total. The van der Waals surface area contributed by atoms with Crippen molar-refractivity contribution in [2.75, 3.05) is 7.11 Å². The number of hydrogen-bond acceptors (Lipinski definition) is 2. The van der Waals surface area contributed by atoms with E-state index in [-0.39, 0.29) is 6.04 Å². The molecule has 3 rings (SSSR count). The minimum atomic E-state index is 0.271. The Morgan fingerprint density at radius 1 is 1.44 bits per heavy atom. The first-order valence-corrected chi connectivity index (χ1v) is 5.70. The van der Waals surface area contributed by atoms with Crippen molar-refractivity contribution in [1.29, 1.82) is 0 Å². The van der Waals surface area contributed by atoms with Gasteiger partial charge in [-0.25, -0.2) is 0 Å². The second kappa shape index (κ2) is 3.52. The number of benzene rings is 1. The van der Waals surface area contributed by atoms with Crippen molar-refractivity contribution in [2.24, 2.45) is 5.73 Å². The third-order valence-electron chi connectivity index (χ3n) is 3.38. The molecule has 0 fully saturated rings. The van der Waals surface area contributed by atoms with Crippen molar-refractivity contribution < 1.29 is 4.74 Å². The van der Waals surface area contributed by atoms with Gasteiger partial charge in [0.15, 0.2) is 0 Å². The van der Waals surface area contributed by atoms with Crippen molar-refractivity contribution in [3.63, 3.8) is 0 Å². The molecule has 2 aromatic rings. The minimum Gasteiger partial charge on any atom is -0.495 e. The topological polar surface area (TPSA) is 40.2 Å². The van der Waals surface area contributed by atoms with Gasteiger partial charge in [0, 0.05) is 23.7 Å². The molecule has 1 aliphatic heterocycles. The summed E-state index contributed by atoms with van der Waals surface area (Å²) < 4.78 is 7.73. The lowest BCUT2D eigenvalue weighted by Gasteiger charge is -2.22. The average molecular weight is 216 g/mol. The van der Waals surface area contributed by atoms with E-state index in [0.717, 1.165) is 25.1 Å². The van der Waals surface area contributed by atoms with Gasteiger partial charge in [0.1, 0.15) is 5.75 Å². The summed E-state index contributed by atoms with van der Waals surface area (Å²) in [6.45, 7) is 0.902. The zero-order valence-electron chi connectivity index (χ0n) is 9.44. The van der Waals surface area contributed by atoms with E-state index >= 15 is 0 Å². The molecule has 3 nitrogen and oxygen atoms in total. The number of fused-ring (bicyclic) bond motifs is 3. The molecule has 0 saturated heterocycles. The van der Waals surface area contributed by atoms with E-state index in [0.29, 0.717) is 0 Å². The SMILES string of the molecule is COc1cccc2cc3n(c12)CC(N)CC3.